The largest absolute Gasteiger partial charge is 0.368 e. The molecule has 3 aliphatic rings. The van der Waals surface area contributed by atoms with Crippen LogP contribution in [0.1, 0.15) is 5.56 Å². The topological polar surface area (TPSA) is 71.5 Å². The Labute approximate surface area is 181 Å². The van der Waals surface area contributed by atoms with Gasteiger partial charge in [-0.3, -0.25) is 10.1 Å². The Kier molecular flexibility index (Phi) is 4.97. The minimum Gasteiger partial charge on any atom is -0.368 e. The summed E-state index contributed by atoms with van der Waals surface area (Å²) in [6.07, 6.45) is -0.507. The third kappa shape index (κ3) is 3.58. The fraction of sp³-hybridized carbons (Fsp3) is 0.348. The second-order valence-corrected chi connectivity index (χ2v) is 8.12. The fourth-order valence-corrected chi connectivity index (χ4v) is 4.53. The lowest BCUT2D eigenvalue weighted by molar-refractivity contribution is -0.127. The van der Waals surface area contributed by atoms with E-state index in [1.165, 1.54) is 10.6 Å². The van der Waals surface area contributed by atoms with Crippen LogP contribution in [0, 0.1) is 0 Å². The lowest BCUT2D eigenvalue weighted by Gasteiger charge is -2.41. The number of aliphatic imine (C=N–C) groups is 1. The summed E-state index contributed by atoms with van der Waals surface area (Å²) in [5.41, 5.74) is 2.32. The quantitative estimate of drug-likeness (QED) is 0.819. The number of carbonyl (C=O) groups is 2. The van der Waals surface area contributed by atoms with Crippen molar-refractivity contribution in [3.8, 4) is 0 Å². The number of piperazine rings is 1. The maximum Gasteiger partial charge on any atom is 0.325 e. The Morgan fingerprint density at radius 2 is 1.52 bits per heavy atom. The number of nitrogens with zero attached hydrogens (tertiary/aromatic N) is 5. The van der Waals surface area contributed by atoms with Gasteiger partial charge in [0.05, 0.1) is 0 Å². The zero-order chi connectivity index (χ0) is 21.4. The molecule has 3 aliphatic heterocycles. The number of guanidine groups is 1. The van der Waals surface area contributed by atoms with Crippen molar-refractivity contribution < 1.29 is 9.59 Å². The maximum absolute atomic E-state index is 12.8. The van der Waals surface area contributed by atoms with E-state index in [2.05, 4.69) is 44.3 Å². The van der Waals surface area contributed by atoms with Gasteiger partial charge in [-0.1, -0.05) is 48.5 Å². The van der Waals surface area contributed by atoms with Gasteiger partial charge in [-0.15, -0.1) is 0 Å². The van der Waals surface area contributed by atoms with Gasteiger partial charge in [-0.2, -0.15) is 0 Å². The van der Waals surface area contributed by atoms with E-state index in [9.17, 15) is 9.59 Å². The number of hydrogen-bond acceptors (Lipinski definition) is 6. The average Bonchev–Trinajstić information content (AvgIpc) is 3.19. The van der Waals surface area contributed by atoms with Crippen LogP contribution in [0.5, 0.6) is 0 Å². The number of hydrogen-bond donors (Lipinski definition) is 1. The molecule has 2 unspecified atom stereocenters. The molecule has 0 bridgehead atoms. The van der Waals surface area contributed by atoms with E-state index in [1.807, 2.05) is 36.4 Å². The van der Waals surface area contributed by atoms with Crippen LogP contribution in [-0.4, -0.2) is 78.0 Å². The van der Waals surface area contributed by atoms with Gasteiger partial charge in [-0.25, -0.2) is 9.79 Å². The zero-order valence-electron chi connectivity index (χ0n) is 17.5. The molecular formula is C23H26N6O2. The Bertz CT molecular complexity index is 988. The Balaban J connectivity index is 1.40. The molecule has 0 aromatic heterocycles. The van der Waals surface area contributed by atoms with Crippen molar-refractivity contribution in [3.63, 3.8) is 0 Å². The standard InChI is InChI=1S/C23H26N6O2/c1-26-20-19(21(30)25-23(26)31)29(16-17-8-4-2-5-9-17)22(24-20)28-14-12-27(13-15-28)18-10-6-3-7-11-18/h2-11,19-20H,12-16H2,1H3,(H,25,30,31). The molecule has 2 aromatic rings. The maximum atomic E-state index is 12.8. The number of benzene rings is 2. The van der Waals surface area contributed by atoms with E-state index in [0.29, 0.717) is 6.54 Å². The van der Waals surface area contributed by atoms with Gasteiger partial charge in [0.25, 0.3) is 5.91 Å². The number of imide groups is 1. The summed E-state index contributed by atoms with van der Waals surface area (Å²) in [5, 5.41) is 2.47. The van der Waals surface area contributed by atoms with Gasteiger partial charge in [-0.05, 0) is 17.7 Å². The van der Waals surface area contributed by atoms with Gasteiger partial charge in [0.2, 0.25) is 0 Å². The Morgan fingerprint density at radius 3 is 2.19 bits per heavy atom. The van der Waals surface area contributed by atoms with Gasteiger partial charge >= 0.3 is 6.03 Å². The number of nitrogens with one attached hydrogen (secondary N) is 1. The Morgan fingerprint density at radius 1 is 0.903 bits per heavy atom. The first-order valence-electron chi connectivity index (χ1n) is 10.6. The number of rotatable bonds is 3. The van der Waals surface area contributed by atoms with Crippen molar-refractivity contribution in [2.75, 3.05) is 38.1 Å². The summed E-state index contributed by atoms with van der Waals surface area (Å²) >= 11 is 0. The summed E-state index contributed by atoms with van der Waals surface area (Å²) in [6, 6.07) is 19.5. The summed E-state index contributed by atoms with van der Waals surface area (Å²) in [7, 11) is 1.69. The van der Waals surface area contributed by atoms with Crippen LogP contribution in [-0.2, 0) is 11.3 Å². The van der Waals surface area contributed by atoms with E-state index >= 15 is 0 Å². The summed E-state index contributed by atoms with van der Waals surface area (Å²) in [4.78, 5) is 38.0. The molecule has 160 valence electrons. The molecule has 2 atom stereocenters. The lowest BCUT2D eigenvalue weighted by atomic mass is 10.1. The van der Waals surface area contributed by atoms with E-state index < -0.39 is 18.2 Å². The predicted molar refractivity (Wildman–Crippen MR) is 119 cm³/mol. The fourth-order valence-electron chi connectivity index (χ4n) is 4.53. The lowest BCUT2D eigenvalue weighted by Crippen LogP contribution is -2.64. The average molecular weight is 419 g/mol. The van der Waals surface area contributed by atoms with Crippen LogP contribution in [0.15, 0.2) is 65.7 Å². The normalized spacial score (nSPS) is 23.6. The van der Waals surface area contributed by atoms with Crippen LogP contribution < -0.4 is 10.2 Å². The van der Waals surface area contributed by atoms with Gasteiger partial charge in [0.1, 0.15) is 0 Å². The molecule has 0 saturated carbocycles. The highest BCUT2D eigenvalue weighted by molar-refractivity contribution is 6.03. The first kappa shape index (κ1) is 19.4. The molecule has 3 heterocycles. The number of carbonyl (C=O) groups excluding carboxylic acids is 2. The smallest absolute Gasteiger partial charge is 0.325 e. The number of fused-ring (bicyclic) bond motifs is 1. The van der Waals surface area contributed by atoms with Crippen molar-refractivity contribution >= 4 is 23.6 Å². The van der Waals surface area contributed by atoms with Gasteiger partial charge in [0.15, 0.2) is 18.2 Å². The SMILES string of the molecule is CN1C(=O)NC(=O)C2C1N=C(N1CCN(c3ccccc3)CC1)N2Cc1ccccc1. The molecule has 2 saturated heterocycles. The summed E-state index contributed by atoms with van der Waals surface area (Å²) < 4.78 is 0. The molecular weight excluding hydrogens is 392 g/mol. The molecule has 31 heavy (non-hydrogen) atoms. The van der Waals surface area contributed by atoms with Crippen LogP contribution in [0.4, 0.5) is 10.5 Å². The van der Waals surface area contributed by atoms with Crippen molar-refractivity contribution in [1.82, 2.24) is 20.0 Å². The molecule has 8 nitrogen and oxygen atoms in total. The third-order valence-corrected chi connectivity index (χ3v) is 6.22. The van der Waals surface area contributed by atoms with E-state index in [0.717, 1.165) is 37.7 Å². The van der Waals surface area contributed by atoms with Crippen molar-refractivity contribution in [3.05, 3.63) is 66.2 Å². The second-order valence-electron chi connectivity index (χ2n) is 8.12. The molecule has 2 aromatic carbocycles. The molecule has 2 fully saturated rings. The minimum absolute atomic E-state index is 0.286. The van der Waals surface area contributed by atoms with Gasteiger partial charge in [0, 0.05) is 45.5 Å². The second kappa shape index (κ2) is 7.94. The van der Waals surface area contributed by atoms with Crippen molar-refractivity contribution in [2.45, 2.75) is 18.8 Å². The van der Waals surface area contributed by atoms with Crippen LogP contribution in [0.25, 0.3) is 0 Å². The van der Waals surface area contributed by atoms with E-state index in [1.54, 1.807) is 7.05 Å². The number of urea groups is 1. The highest BCUT2D eigenvalue weighted by Crippen LogP contribution is 2.28. The first-order chi connectivity index (χ1) is 15.1. The first-order valence-corrected chi connectivity index (χ1v) is 10.6. The van der Waals surface area contributed by atoms with Crippen molar-refractivity contribution in [1.29, 1.82) is 0 Å². The monoisotopic (exact) mass is 418 g/mol. The van der Waals surface area contributed by atoms with Crippen LogP contribution in [0.2, 0.25) is 0 Å². The molecule has 0 radical (unpaired) electrons. The predicted octanol–water partition coefficient (Wildman–Crippen LogP) is 1.56. The highest BCUT2D eigenvalue weighted by Gasteiger charge is 2.49. The number of amides is 3. The zero-order valence-corrected chi connectivity index (χ0v) is 17.5. The highest BCUT2D eigenvalue weighted by atomic mass is 16.2. The number of likely N-dealkylation sites (N-methyl/N-ethyl adjacent to an activating group) is 1. The molecule has 0 aliphatic carbocycles. The molecule has 3 amide bonds. The molecule has 1 N–H and O–H groups in total. The summed E-state index contributed by atoms with van der Waals surface area (Å²) in [5.74, 6) is 0.508. The molecule has 5 rings (SSSR count). The van der Waals surface area contributed by atoms with E-state index in [4.69, 9.17) is 4.99 Å². The summed E-state index contributed by atoms with van der Waals surface area (Å²) in [6.45, 7) is 3.92. The van der Waals surface area contributed by atoms with Crippen molar-refractivity contribution in [2.24, 2.45) is 4.99 Å². The molecule has 8 heteroatoms. The number of para-hydroxylation sites is 1. The molecule has 0 spiro atoms. The van der Waals surface area contributed by atoms with Crippen LogP contribution >= 0.6 is 0 Å². The minimum atomic E-state index is -0.523. The van der Waals surface area contributed by atoms with Crippen LogP contribution in [0.3, 0.4) is 0 Å². The van der Waals surface area contributed by atoms with Gasteiger partial charge < -0.3 is 19.6 Å². The number of anilines is 1. The Hall–Kier alpha value is -3.55. The van der Waals surface area contributed by atoms with E-state index in [-0.39, 0.29) is 5.91 Å². The third-order valence-electron chi connectivity index (χ3n) is 6.22.